The fourth-order valence-corrected chi connectivity index (χ4v) is 4.64. The Morgan fingerprint density at radius 1 is 0.947 bits per heavy atom. The van der Waals surface area contributed by atoms with Gasteiger partial charge in [0.25, 0.3) is 0 Å². The second-order valence-electron chi connectivity index (χ2n) is 9.00. The van der Waals surface area contributed by atoms with Crippen LogP contribution in [0.5, 0.6) is 5.75 Å². The molecule has 5 rings (SSSR count). The Morgan fingerprint density at radius 2 is 1.71 bits per heavy atom. The molecule has 190 valence electrons. The summed E-state index contributed by atoms with van der Waals surface area (Å²) in [5.74, 6) is -0.836. The highest BCUT2D eigenvalue weighted by Gasteiger charge is 2.22. The molecule has 0 radical (unpaired) electrons. The number of nitrogens with one attached hydrogen (secondary N) is 2. The third-order valence-corrected chi connectivity index (χ3v) is 6.52. The van der Waals surface area contributed by atoms with Crippen molar-refractivity contribution in [3.8, 4) is 28.2 Å². The van der Waals surface area contributed by atoms with E-state index in [1.165, 1.54) is 41.5 Å². The topological polar surface area (TPSA) is 112 Å². The van der Waals surface area contributed by atoms with Crippen LogP contribution >= 0.6 is 12.2 Å². The van der Waals surface area contributed by atoms with E-state index >= 15 is 0 Å². The van der Waals surface area contributed by atoms with Crippen LogP contribution in [0.4, 0.5) is 5.69 Å². The Morgan fingerprint density at radius 3 is 2.47 bits per heavy atom. The van der Waals surface area contributed by atoms with Crippen LogP contribution in [-0.2, 0) is 6.42 Å². The number of phenolic OH excluding ortho intramolecular Hbond substituents is 1. The lowest BCUT2D eigenvalue weighted by atomic mass is 9.90. The van der Waals surface area contributed by atoms with Crippen molar-refractivity contribution in [3.05, 3.63) is 106 Å². The molecule has 0 fully saturated rings. The van der Waals surface area contributed by atoms with Crippen molar-refractivity contribution < 1.29 is 19.4 Å². The maximum Gasteiger partial charge on any atom is 0.336 e. The molecule has 0 spiro atoms. The van der Waals surface area contributed by atoms with E-state index in [4.69, 9.17) is 16.6 Å². The van der Waals surface area contributed by atoms with Crippen LogP contribution in [0.25, 0.3) is 33.4 Å². The van der Waals surface area contributed by atoms with Crippen LogP contribution < -0.4 is 16.1 Å². The third kappa shape index (κ3) is 5.21. The molecule has 1 heterocycles. The first kappa shape index (κ1) is 25.0. The zero-order valence-corrected chi connectivity index (χ0v) is 21.3. The Bertz CT molecular complexity index is 1710. The second kappa shape index (κ2) is 10.4. The summed E-state index contributed by atoms with van der Waals surface area (Å²) in [5, 5.41) is 27.3. The highest BCUT2D eigenvalue weighted by molar-refractivity contribution is 7.80. The molecule has 0 unspecified atom stereocenters. The first-order valence-corrected chi connectivity index (χ1v) is 12.4. The number of anilines is 1. The molecule has 0 bridgehead atoms. The fourth-order valence-electron chi connectivity index (χ4n) is 4.42. The summed E-state index contributed by atoms with van der Waals surface area (Å²) < 4.78 is 5.88. The average molecular weight is 525 g/mol. The Labute approximate surface area is 223 Å². The van der Waals surface area contributed by atoms with E-state index in [9.17, 15) is 19.8 Å². The SMILES string of the molecule is Cc1ccc(CCNC(=S)Nc2ccc(-c3c4ccc(=O)cc-4oc4cc(O)ccc34)c(C(=O)O)c2)cc1. The van der Waals surface area contributed by atoms with Gasteiger partial charge in [-0.25, -0.2) is 4.79 Å². The highest BCUT2D eigenvalue weighted by atomic mass is 32.1. The normalized spacial score (nSPS) is 11.0. The number of carboxylic acid groups (broad SMARTS) is 1. The van der Waals surface area contributed by atoms with Gasteiger partial charge in [0.2, 0.25) is 0 Å². The predicted octanol–water partition coefficient (Wildman–Crippen LogP) is 5.81. The minimum atomic E-state index is -1.12. The van der Waals surface area contributed by atoms with Crippen LogP contribution in [0, 0.1) is 6.92 Å². The molecule has 7 nitrogen and oxygen atoms in total. The number of fused-ring (bicyclic) bond motifs is 2. The van der Waals surface area contributed by atoms with Gasteiger partial charge in [0.05, 0.1) is 5.56 Å². The molecule has 3 aromatic carbocycles. The summed E-state index contributed by atoms with van der Waals surface area (Å²) in [6, 6.07) is 22.2. The van der Waals surface area contributed by atoms with Gasteiger partial charge in [-0.3, -0.25) is 4.79 Å². The maximum atomic E-state index is 12.4. The van der Waals surface area contributed by atoms with Crippen LogP contribution in [0.1, 0.15) is 21.5 Å². The molecule has 0 saturated heterocycles. The highest BCUT2D eigenvalue weighted by Crippen LogP contribution is 2.42. The maximum absolute atomic E-state index is 12.4. The van der Waals surface area contributed by atoms with Gasteiger partial charge in [-0.15, -0.1) is 0 Å². The lowest BCUT2D eigenvalue weighted by Gasteiger charge is -2.18. The van der Waals surface area contributed by atoms with Crippen molar-refractivity contribution in [1.82, 2.24) is 5.32 Å². The molecule has 0 amide bonds. The molecule has 4 N–H and O–H groups in total. The van der Waals surface area contributed by atoms with Crippen molar-refractivity contribution in [2.24, 2.45) is 0 Å². The Hall–Kier alpha value is -4.69. The minimum Gasteiger partial charge on any atom is -0.508 e. The number of aromatic hydroxyl groups is 1. The molecule has 2 aliphatic rings. The lowest BCUT2D eigenvalue weighted by Crippen LogP contribution is -2.30. The van der Waals surface area contributed by atoms with Crippen LogP contribution in [0.3, 0.4) is 0 Å². The molecule has 8 heteroatoms. The number of hydrogen-bond donors (Lipinski definition) is 4. The minimum absolute atomic E-state index is 0.00813. The molecule has 0 aromatic heterocycles. The van der Waals surface area contributed by atoms with E-state index < -0.39 is 5.97 Å². The van der Waals surface area contributed by atoms with Gasteiger partial charge < -0.3 is 25.3 Å². The van der Waals surface area contributed by atoms with Crippen molar-refractivity contribution in [3.63, 3.8) is 0 Å². The van der Waals surface area contributed by atoms with Crippen molar-refractivity contribution >= 4 is 40.0 Å². The van der Waals surface area contributed by atoms with E-state index in [0.717, 1.165) is 6.42 Å². The lowest BCUT2D eigenvalue weighted by molar-refractivity contribution is 0.0697. The van der Waals surface area contributed by atoms with Crippen LogP contribution in [-0.4, -0.2) is 27.8 Å². The number of hydrogen-bond acceptors (Lipinski definition) is 5. The van der Waals surface area contributed by atoms with Gasteiger partial charge in [0.15, 0.2) is 10.5 Å². The van der Waals surface area contributed by atoms with Crippen molar-refractivity contribution in [2.45, 2.75) is 13.3 Å². The van der Waals surface area contributed by atoms with Gasteiger partial charge in [-0.1, -0.05) is 35.9 Å². The quantitative estimate of drug-likeness (QED) is 0.163. The van der Waals surface area contributed by atoms with Gasteiger partial charge in [0, 0.05) is 40.9 Å². The largest absolute Gasteiger partial charge is 0.508 e. The average Bonchev–Trinajstić information content (AvgIpc) is 2.88. The van der Waals surface area contributed by atoms with E-state index in [-0.39, 0.29) is 16.7 Å². The third-order valence-electron chi connectivity index (χ3n) is 6.27. The molecule has 1 aliphatic carbocycles. The van der Waals surface area contributed by atoms with E-state index in [1.54, 1.807) is 24.3 Å². The van der Waals surface area contributed by atoms with Crippen molar-refractivity contribution in [2.75, 3.05) is 11.9 Å². The van der Waals surface area contributed by atoms with E-state index in [2.05, 4.69) is 34.9 Å². The molecule has 1 aliphatic heterocycles. The monoisotopic (exact) mass is 524 g/mol. The smallest absolute Gasteiger partial charge is 0.336 e. The van der Waals surface area contributed by atoms with Gasteiger partial charge in [-0.2, -0.15) is 0 Å². The summed E-state index contributed by atoms with van der Waals surface area (Å²) >= 11 is 5.42. The number of aryl methyl sites for hydroxylation is 1. The van der Waals surface area contributed by atoms with Crippen LogP contribution in [0.2, 0.25) is 0 Å². The fraction of sp³-hybridized carbons (Fsp3) is 0.100. The molecular weight excluding hydrogens is 500 g/mol. The number of aromatic carboxylic acids is 1. The molecule has 38 heavy (non-hydrogen) atoms. The summed E-state index contributed by atoms with van der Waals surface area (Å²) in [5.41, 5.74) is 4.66. The zero-order valence-electron chi connectivity index (χ0n) is 20.4. The molecular formula is C30H24N2O5S. The summed E-state index contributed by atoms with van der Waals surface area (Å²) in [7, 11) is 0. The van der Waals surface area contributed by atoms with Gasteiger partial charge in [0.1, 0.15) is 17.1 Å². The van der Waals surface area contributed by atoms with Crippen LogP contribution in [0.15, 0.2) is 88.1 Å². The number of benzene rings is 4. The summed E-state index contributed by atoms with van der Waals surface area (Å²) in [4.78, 5) is 24.4. The number of carboxylic acids is 1. The molecule has 0 saturated carbocycles. The van der Waals surface area contributed by atoms with Gasteiger partial charge >= 0.3 is 5.97 Å². The Kier molecular flexibility index (Phi) is 6.81. The number of rotatable bonds is 6. The molecule has 0 atom stereocenters. The van der Waals surface area contributed by atoms with Crippen molar-refractivity contribution in [1.29, 1.82) is 0 Å². The summed E-state index contributed by atoms with van der Waals surface area (Å²) in [6.45, 7) is 2.67. The standard InChI is InChI=1S/C30H24N2O5S/c1-17-2-4-18(5-3-17)12-13-31-30(38)32-19-6-9-22(25(14-19)29(35)36)28-23-10-7-20(33)15-26(23)37-27-16-21(34)8-11-24(27)28/h2-11,14-16,33H,12-13H2,1H3,(H,35,36)(H2,31,32,38). The van der Waals surface area contributed by atoms with Gasteiger partial charge in [-0.05, 0) is 73.1 Å². The van der Waals surface area contributed by atoms with E-state index in [0.29, 0.717) is 50.8 Å². The first-order valence-electron chi connectivity index (χ1n) is 12.0. The zero-order chi connectivity index (χ0) is 26.8. The number of phenols is 1. The molecule has 3 aromatic rings. The predicted molar refractivity (Wildman–Crippen MR) is 152 cm³/mol. The first-order chi connectivity index (χ1) is 18.3. The second-order valence-corrected chi connectivity index (χ2v) is 9.41. The number of carbonyl (C=O) groups is 1. The summed E-state index contributed by atoms with van der Waals surface area (Å²) in [6.07, 6.45) is 0.793. The number of thiocarbonyl (C=S) groups is 1. The Balaban J connectivity index is 1.47. The van der Waals surface area contributed by atoms with E-state index in [1.807, 2.05) is 6.92 Å².